The summed E-state index contributed by atoms with van der Waals surface area (Å²) in [6.07, 6.45) is -4.62. The lowest BCUT2D eigenvalue weighted by molar-refractivity contribution is -0.138. The first-order chi connectivity index (χ1) is 16.5. The summed E-state index contributed by atoms with van der Waals surface area (Å²) in [4.78, 5) is 40.8. The van der Waals surface area contributed by atoms with Crippen molar-refractivity contribution in [3.05, 3.63) is 64.7 Å². The first-order valence-corrected chi connectivity index (χ1v) is 11.3. The van der Waals surface area contributed by atoms with Crippen LogP contribution in [0.2, 0.25) is 0 Å². The van der Waals surface area contributed by atoms with Crippen LogP contribution in [0.3, 0.4) is 0 Å². The minimum atomic E-state index is -4.62. The molecule has 3 amide bonds. The molecule has 2 N–H and O–H groups in total. The van der Waals surface area contributed by atoms with E-state index >= 15 is 0 Å². The molecule has 2 aromatic carbocycles. The number of nitrogens with one attached hydrogen (secondary N) is 2. The maximum Gasteiger partial charge on any atom is 0.417 e. The Morgan fingerprint density at radius 1 is 0.943 bits per heavy atom. The molecule has 1 atom stereocenters. The average Bonchev–Trinajstić information content (AvgIpc) is 2.83. The van der Waals surface area contributed by atoms with Crippen LogP contribution in [0.1, 0.15) is 34.0 Å². The maximum absolute atomic E-state index is 13.3. The second kappa shape index (κ2) is 10.9. The standard InChI is InChI=1S/C25H29F3N4O3/c1-16-7-6-8-17(2)22(16)30-21(33)15-29-23(34)18(3)31-11-13-32(14-12-31)24(35)19-9-4-5-10-20(19)25(26,27)28/h4-10,18H,11-15H2,1-3H3,(H,29,34)(H,30,33). The highest BCUT2D eigenvalue weighted by Crippen LogP contribution is 2.32. The Kier molecular flexibility index (Phi) is 8.16. The minimum Gasteiger partial charge on any atom is -0.346 e. The summed E-state index contributed by atoms with van der Waals surface area (Å²) < 4.78 is 39.8. The molecule has 0 aromatic heterocycles. The first kappa shape index (κ1) is 26.2. The number of aryl methyl sites for hydroxylation is 2. The van der Waals surface area contributed by atoms with E-state index in [1.165, 1.54) is 23.1 Å². The summed E-state index contributed by atoms with van der Waals surface area (Å²) in [5.41, 5.74) is 1.22. The Morgan fingerprint density at radius 2 is 1.54 bits per heavy atom. The number of amides is 3. The zero-order valence-electron chi connectivity index (χ0n) is 19.9. The van der Waals surface area contributed by atoms with Gasteiger partial charge in [0.1, 0.15) is 0 Å². The number of para-hydroxylation sites is 1. The monoisotopic (exact) mass is 490 g/mol. The van der Waals surface area contributed by atoms with Crippen molar-refractivity contribution >= 4 is 23.4 Å². The molecule has 1 aliphatic heterocycles. The van der Waals surface area contributed by atoms with Crippen LogP contribution in [0.4, 0.5) is 18.9 Å². The van der Waals surface area contributed by atoms with Gasteiger partial charge in [0, 0.05) is 31.9 Å². The van der Waals surface area contributed by atoms with Gasteiger partial charge in [-0.25, -0.2) is 0 Å². The number of hydrogen-bond acceptors (Lipinski definition) is 4. The van der Waals surface area contributed by atoms with Gasteiger partial charge in [0.25, 0.3) is 5.91 Å². The third-order valence-corrected chi connectivity index (χ3v) is 6.16. The summed E-state index contributed by atoms with van der Waals surface area (Å²) >= 11 is 0. The molecular formula is C25H29F3N4O3. The lowest BCUT2D eigenvalue weighted by Gasteiger charge is -2.37. The lowest BCUT2D eigenvalue weighted by atomic mass is 10.1. The summed E-state index contributed by atoms with van der Waals surface area (Å²) in [7, 11) is 0. The predicted molar refractivity (Wildman–Crippen MR) is 126 cm³/mol. The van der Waals surface area contributed by atoms with Crippen molar-refractivity contribution in [3.8, 4) is 0 Å². The third kappa shape index (κ3) is 6.39. The van der Waals surface area contributed by atoms with Gasteiger partial charge in [0.15, 0.2) is 0 Å². The van der Waals surface area contributed by atoms with Crippen LogP contribution in [0.25, 0.3) is 0 Å². The van der Waals surface area contributed by atoms with E-state index in [2.05, 4.69) is 10.6 Å². The SMILES string of the molecule is Cc1cccc(C)c1NC(=O)CNC(=O)C(C)N1CCN(C(=O)c2ccccc2C(F)(F)F)CC1. The number of piperazine rings is 1. The fourth-order valence-corrected chi connectivity index (χ4v) is 4.08. The van der Waals surface area contributed by atoms with Gasteiger partial charge in [-0.2, -0.15) is 13.2 Å². The van der Waals surface area contributed by atoms with Crippen LogP contribution in [0.5, 0.6) is 0 Å². The Balaban J connectivity index is 1.51. The van der Waals surface area contributed by atoms with Crippen molar-refractivity contribution in [3.63, 3.8) is 0 Å². The number of benzene rings is 2. The Hall–Kier alpha value is -3.40. The van der Waals surface area contributed by atoms with Crippen LogP contribution in [0.15, 0.2) is 42.5 Å². The third-order valence-electron chi connectivity index (χ3n) is 6.16. The van der Waals surface area contributed by atoms with E-state index in [1.807, 2.05) is 36.9 Å². The van der Waals surface area contributed by atoms with Crippen molar-refractivity contribution in [2.24, 2.45) is 0 Å². The van der Waals surface area contributed by atoms with Crippen LogP contribution >= 0.6 is 0 Å². The fourth-order valence-electron chi connectivity index (χ4n) is 4.08. The number of rotatable bonds is 6. The van der Waals surface area contributed by atoms with Crippen LogP contribution < -0.4 is 10.6 Å². The largest absolute Gasteiger partial charge is 0.417 e. The van der Waals surface area contributed by atoms with Crippen molar-refractivity contribution < 1.29 is 27.6 Å². The molecule has 1 heterocycles. The smallest absolute Gasteiger partial charge is 0.346 e. The quantitative estimate of drug-likeness (QED) is 0.652. The van der Waals surface area contributed by atoms with Gasteiger partial charge in [0.05, 0.1) is 23.7 Å². The van der Waals surface area contributed by atoms with Crippen LogP contribution in [-0.2, 0) is 15.8 Å². The van der Waals surface area contributed by atoms with E-state index in [1.54, 1.807) is 6.92 Å². The lowest BCUT2D eigenvalue weighted by Crippen LogP contribution is -2.55. The number of halogens is 3. The number of hydrogen-bond donors (Lipinski definition) is 2. The second-order valence-corrected chi connectivity index (χ2v) is 8.58. The Bertz CT molecular complexity index is 1080. The first-order valence-electron chi connectivity index (χ1n) is 11.3. The predicted octanol–water partition coefficient (Wildman–Crippen LogP) is 3.22. The van der Waals surface area contributed by atoms with Crippen molar-refractivity contribution in [2.75, 3.05) is 38.0 Å². The summed E-state index contributed by atoms with van der Waals surface area (Å²) in [6.45, 7) is 6.29. The van der Waals surface area contributed by atoms with E-state index in [9.17, 15) is 27.6 Å². The molecule has 3 rings (SSSR count). The maximum atomic E-state index is 13.3. The van der Waals surface area contributed by atoms with Gasteiger partial charge >= 0.3 is 6.18 Å². The zero-order chi connectivity index (χ0) is 25.8. The fraction of sp³-hybridized carbons (Fsp3) is 0.400. The number of carbonyl (C=O) groups is 3. The molecule has 1 aliphatic rings. The number of alkyl halides is 3. The molecule has 0 aliphatic carbocycles. The minimum absolute atomic E-state index is 0.190. The topological polar surface area (TPSA) is 81.8 Å². The average molecular weight is 491 g/mol. The van der Waals surface area contributed by atoms with E-state index < -0.39 is 23.7 Å². The molecular weight excluding hydrogens is 461 g/mol. The highest BCUT2D eigenvalue weighted by atomic mass is 19.4. The summed E-state index contributed by atoms with van der Waals surface area (Å²) in [5.74, 6) is -1.37. The van der Waals surface area contributed by atoms with E-state index in [4.69, 9.17) is 0 Å². The van der Waals surface area contributed by atoms with Gasteiger partial charge in [-0.05, 0) is 44.0 Å². The molecule has 10 heteroatoms. The van der Waals surface area contributed by atoms with E-state index in [0.29, 0.717) is 18.8 Å². The number of anilines is 1. The molecule has 0 saturated carbocycles. The molecule has 35 heavy (non-hydrogen) atoms. The van der Waals surface area contributed by atoms with Crippen LogP contribution in [-0.4, -0.2) is 66.3 Å². The van der Waals surface area contributed by atoms with Crippen LogP contribution in [0, 0.1) is 13.8 Å². The number of nitrogens with zero attached hydrogens (tertiary/aromatic N) is 2. The second-order valence-electron chi connectivity index (χ2n) is 8.58. The molecule has 1 saturated heterocycles. The van der Waals surface area contributed by atoms with Crippen molar-refractivity contribution in [1.29, 1.82) is 0 Å². The molecule has 188 valence electrons. The Morgan fingerprint density at radius 3 is 2.14 bits per heavy atom. The van der Waals surface area contributed by atoms with Gasteiger partial charge in [-0.15, -0.1) is 0 Å². The molecule has 0 bridgehead atoms. The van der Waals surface area contributed by atoms with Gasteiger partial charge in [-0.3, -0.25) is 19.3 Å². The molecule has 2 aromatic rings. The molecule has 0 spiro atoms. The van der Waals surface area contributed by atoms with Crippen molar-refractivity contribution in [2.45, 2.75) is 33.0 Å². The zero-order valence-corrected chi connectivity index (χ0v) is 19.9. The van der Waals surface area contributed by atoms with Gasteiger partial charge < -0.3 is 15.5 Å². The normalized spacial score (nSPS) is 15.4. The molecule has 1 fully saturated rings. The highest BCUT2D eigenvalue weighted by Gasteiger charge is 2.36. The summed E-state index contributed by atoms with van der Waals surface area (Å²) in [5, 5.41) is 5.43. The van der Waals surface area contributed by atoms with Gasteiger partial charge in [0.2, 0.25) is 11.8 Å². The molecule has 1 unspecified atom stereocenters. The number of carbonyl (C=O) groups excluding carboxylic acids is 3. The highest BCUT2D eigenvalue weighted by molar-refractivity contribution is 5.97. The van der Waals surface area contributed by atoms with Gasteiger partial charge in [-0.1, -0.05) is 30.3 Å². The van der Waals surface area contributed by atoms with E-state index in [-0.39, 0.29) is 37.0 Å². The Labute approximate surface area is 202 Å². The summed E-state index contributed by atoms with van der Waals surface area (Å²) in [6, 6.07) is 9.82. The molecule has 0 radical (unpaired) electrons. The molecule has 7 nitrogen and oxygen atoms in total. The van der Waals surface area contributed by atoms with E-state index in [0.717, 1.165) is 17.2 Å². The van der Waals surface area contributed by atoms with Crippen molar-refractivity contribution in [1.82, 2.24) is 15.1 Å².